The number of alkyl halides is 3. The van der Waals surface area contributed by atoms with Crippen molar-refractivity contribution < 1.29 is 22.7 Å². The highest BCUT2D eigenvalue weighted by atomic mass is 19.4. The minimum atomic E-state index is -4.52. The molecule has 0 aromatic rings. The number of carbonyl (C=O) groups is 1. The number of hydrogen-bond donors (Lipinski definition) is 0. The van der Waals surface area contributed by atoms with Gasteiger partial charge in [-0.3, -0.25) is 4.79 Å². The zero-order valence-corrected chi connectivity index (χ0v) is 9.54. The van der Waals surface area contributed by atoms with Crippen LogP contribution in [-0.4, -0.2) is 35.9 Å². The highest BCUT2D eigenvalue weighted by molar-refractivity contribution is 5.76. The number of hydrogen-bond acceptors (Lipinski definition) is 2. The Morgan fingerprint density at radius 1 is 1.50 bits per heavy atom. The zero-order chi connectivity index (χ0) is 12.5. The molecule has 0 aromatic heterocycles. The Kier molecular flexibility index (Phi) is 3.83. The van der Waals surface area contributed by atoms with Crippen LogP contribution in [0.3, 0.4) is 0 Å². The van der Waals surface area contributed by atoms with E-state index in [0.29, 0.717) is 0 Å². The van der Waals surface area contributed by atoms with E-state index in [0.717, 1.165) is 4.90 Å². The molecule has 0 saturated carbocycles. The van der Waals surface area contributed by atoms with Crippen molar-refractivity contribution in [2.24, 2.45) is 5.92 Å². The van der Waals surface area contributed by atoms with Gasteiger partial charge in [-0.2, -0.15) is 13.2 Å². The lowest BCUT2D eigenvalue weighted by Crippen LogP contribution is -2.50. The molecule has 1 fully saturated rings. The van der Waals surface area contributed by atoms with E-state index in [-0.39, 0.29) is 18.9 Å². The van der Waals surface area contributed by atoms with Gasteiger partial charge in [-0.15, -0.1) is 0 Å². The van der Waals surface area contributed by atoms with Gasteiger partial charge in [0.05, 0.1) is 12.6 Å². The predicted molar refractivity (Wildman–Crippen MR) is 51.6 cm³/mol. The van der Waals surface area contributed by atoms with Crippen molar-refractivity contribution >= 4 is 5.91 Å². The first kappa shape index (κ1) is 13.3. The van der Waals surface area contributed by atoms with E-state index in [9.17, 15) is 18.0 Å². The average Bonchev–Trinajstić information content (AvgIpc) is 2.59. The average molecular weight is 239 g/mol. The van der Waals surface area contributed by atoms with Gasteiger partial charge in [-0.25, -0.2) is 0 Å². The van der Waals surface area contributed by atoms with Crippen LogP contribution < -0.4 is 0 Å². The Morgan fingerprint density at radius 3 is 2.44 bits per heavy atom. The van der Waals surface area contributed by atoms with Crippen LogP contribution in [-0.2, 0) is 9.53 Å². The Bertz CT molecular complexity index is 265. The van der Waals surface area contributed by atoms with Gasteiger partial charge in [-0.05, 0) is 5.92 Å². The molecular weight excluding hydrogens is 223 g/mol. The first-order valence-electron chi connectivity index (χ1n) is 5.28. The largest absolute Gasteiger partial charge is 0.433 e. The molecule has 0 unspecified atom stereocenters. The molecule has 0 radical (unpaired) electrons. The molecule has 2 atom stereocenters. The second kappa shape index (κ2) is 4.61. The second-order valence-corrected chi connectivity index (χ2v) is 4.19. The zero-order valence-electron chi connectivity index (χ0n) is 9.54. The summed E-state index contributed by atoms with van der Waals surface area (Å²) in [5.41, 5.74) is 0. The molecule has 1 aliphatic heterocycles. The molecule has 1 heterocycles. The molecule has 0 spiro atoms. The lowest BCUT2D eigenvalue weighted by Gasteiger charge is -2.30. The molecule has 0 N–H and O–H groups in total. The molecule has 1 saturated heterocycles. The molecule has 0 aromatic carbocycles. The van der Waals surface area contributed by atoms with Crippen LogP contribution in [0.1, 0.15) is 27.2 Å². The number of amides is 1. The van der Waals surface area contributed by atoms with Crippen LogP contribution in [0.25, 0.3) is 0 Å². The summed E-state index contributed by atoms with van der Waals surface area (Å²) >= 11 is 0. The van der Waals surface area contributed by atoms with Gasteiger partial charge in [0.15, 0.2) is 0 Å². The molecule has 0 aliphatic carbocycles. The summed E-state index contributed by atoms with van der Waals surface area (Å²) in [5, 5.41) is 0. The maximum Gasteiger partial charge on any atom is 0.433 e. The third-order valence-corrected chi connectivity index (χ3v) is 2.67. The van der Waals surface area contributed by atoms with Crippen LogP contribution in [0.2, 0.25) is 0 Å². The van der Waals surface area contributed by atoms with Gasteiger partial charge >= 0.3 is 6.18 Å². The summed E-state index contributed by atoms with van der Waals surface area (Å²) in [6.45, 7) is 5.06. The van der Waals surface area contributed by atoms with Crippen molar-refractivity contribution in [3.05, 3.63) is 0 Å². The van der Waals surface area contributed by atoms with Crippen LogP contribution in [0.5, 0.6) is 0 Å². The lowest BCUT2D eigenvalue weighted by atomic mass is 10.0. The fraction of sp³-hybridized carbons (Fsp3) is 0.900. The SMILES string of the molecule is CCC(=O)N1[C@@H](C(C)C)CO[C@@H]1C(F)(F)F. The normalized spacial score (nSPS) is 26.6. The molecule has 3 nitrogen and oxygen atoms in total. The molecule has 1 rings (SSSR count). The third kappa shape index (κ3) is 2.48. The quantitative estimate of drug-likeness (QED) is 0.739. The Morgan fingerprint density at radius 2 is 2.06 bits per heavy atom. The Balaban J connectivity index is 2.93. The van der Waals surface area contributed by atoms with Crippen LogP contribution in [0.4, 0.5) is 13.2 Å². The van der Waals surface area contributed by atoms with E-state index in [1.807, 2.05) is 0 Å². The van der Waals surface area contributed by atoms with E-state index >= 15 is 0 Å². The molecule has 0 bridgehead atoms. The summed E-state index contributed by atoms with van der Waals surface area (Å²) < 4.78 is 42.6. The van der Waals surface area contributed by atoms with Gasteiger partial charge in [0.2, 0.25) is 12.1 Å². The first-order valence-corrected chi connectivity index (χ1v) is 5.28. The minimum absolute atomic E-state index is 0.0480. The van der Waals surface area contributed by atoms with Crippen molar-refractivity contribution in [3.8, 4) is 0 Å². The fourth-order valence-corrected chi connectivity index (χ4v) is 1.79. The Labute approximate surface area is 92.5 Å². The molecule has 94 valence electrons. The maximum atomic E-state index is 12.6. The fourth-order valence-electron chi connectivity index (χ4n) is 1.79. The van der Waals surface area contributed by atoms with Crippen LogP contribution in [0.15, 0.2) is 0 Å². The van der Waals surface area contributed by atoms with E-state index in [1.54, 1.807) is 20.8 Å². The molecule has 1 amide bonds. The predicted octanol–water partition coefficient (Wildman–Crippen LogP) is 2.17. The summed E-state index contributed by atoms with van der Waals surface area (Å²) in [4.78, 5) is 12.4. The summed E-state index contributed by atoms with van der Waals surface area (Å²) in [6, 6.07) is -0.487. The number of halogens is 3. The van der Waals surface area contributed by atoms with Crippen molar-refractivity contribution in [1.82, 2.24) is 4.90 Å². The van der Waals surface area contributed by atoms with Crippen molar-refractivity contribution in [1.29, 1.82) is 0 Å². The van der Waals surface area contributed by atoms with E-state index in [4.69, 9.17) is 4.74 Å². The maximum absolute atomic E-state index is 12.6. The third-order valence-electron chi connectivity index (χ3n) is 2.67. The molecular formula is C10H16F3NO2. The Hall–Kier alpha value is -0.780. The van der Waals surface area contributed by atoms with Crippen molar-refractivity contribution in [2.75, 3.05) is 6.61 Å². The minimum Gasteiger partial charge on any atom is -0.348 e. The number of nitrogens with zero attached hydrogens (tertiary/aromatic N) is 1. The van der Waals surface area contributed by atoms with Gasteiger partial charge in [0.25, 0.3) is 0 Å². The van der Waals surface area contributed by atoms with E-state index < -0.39 is 24.4 Å². The van der Waals surface area contributed by atoms with Crippen LogP contribution >= 0.6 is 0 Å². The van der Waals surface area contributed by atoms with Gasteiger partial charge in [-0.1, -0.05) is 20.8 Å². The van der Waals surface area contributed by atoms with Gasteiger partial charge in [0.1, 0.15) is 0 Å². The van der Waals surface area contributed by atoms with Crippen molar-refractivity contribution in [2.45, 2.75) is 45.6 Å². The lowest BCUT2D eigenvalue weighted by molar-refractivity contribution is -0.240. The molecule has 16 heavy (non-hydrogen) atoms. The highest BCUT2D eigenvalue weighted by Gasteiger charge is 2.53. The second-order valence-electron chi connectivity index (χ2n) is 4.19. The number of carbonyl (C=O) groups excluding carboxylic acids is 1. The first-order chi connectivity index (χ1) is 7.29. The summed E-state index contributed by atoms with van der Waals surface area (Å²) in [6.07, 6.45) is -6.54. The van der Waals surface area contributed by atoms with Gasteiger partial charge in [0, 0.05) is 6.42 Å². The van der Waals surface area contributed by atoms with Crippen molar-refractivity contribution in [3.63, 3.8) is 0 Å². The van der Waals surface area contributed by atoms with E-state index in [2.05, 4.69) is 0 Å². The monoisotopic (exact) mass is 239 g/mol. The number of ether oxygens (including phenoxy) is 1. The smallest absolute Gasteiger partial charge is 0.348 e. The highest BCUT2D eigenvalue weighted by Crippen LogP contribution is 2.34. The summed E-state index contributed by atoms with van der Waals surface area (Å²) in [7, 11) is 0. The topological polar surface area (TPSA) is 29.5 Å². The molecule has 6 heteroatoms. The van der Waals surface area contributed by atoms with E-state index in [1.165, 1.54) is 0 Å². The molecule has 1 aliphatic rings. The number of rotatable bonds is 2. The van der Waals surface area contributed by atoms with Crippen LogP contribution in [0, 0.1) is 5.92 Å². The van der Waals surface area contributed by atoms with Gasteiger partial charge < -0.3 is 9.64 Å². The summed E-state index contributed by atoms with van der Waals surface area (Å²) in [5.74, 6) is -0.568. The standard InChI is InChI=1S/C10H16F3NO2/c1-4-8(15)14-7(6(2)3)5-16-9(14)10(11,12)13/h6-7,9H,4-5H2,1-3H3/t7-,9-/m1/s1.